The Hall–Kier alpha value is -2.59. The van der Waals surface area contributed by atoms with E-state index < -0.39 is 29.6 Å². The smallest absolute Gasteiger partial charge is 0.407 e. The van der Waals surface area contributed by atoms with Crippen LogP contribution in [0.5, 0.6) is 0 Å². The van der Waals surface area contributed by atoms with E-state index in [4.69, 9.17) is 12.2 Å². The van der Waals surface area contributed by atoms with Crippen molar-refractivity contribution in [3.63, 3.8) is 0 Å². The number of fused-ring (bicyclic) bond motifs is 2. The number of likely N-dealkylation sites (N-methyl/N-ethyl adjacent to an activating group) is 1. The van der Waals surface area contributed by atoms with E-state index in [0.717, 1.165) is 21.6 Å². The third kappa shape index (κ3) is 4.29. The van der Waals surface area contributed by atoms with Gasteiger partial charge in [0, 0.05) is 18.6 Å². The monoisotopic (exact) mass is 502 g/mol. The number of nitrogens with one attached hydrogen (secondary N) is 1. The molecule has 3 heterocycles. The van der Waals surface area contributed by atoms with Crippen molar-refractivity contribution in [1.29, 1.82) is 0 Å². The molecule has 4 atom stereocenters. The lowest BCUT2D eigenvalue weighted by atomic mass is 9.84. The maximum atomic E-state index is 13.9. The zero-order valence-corrected chi connectivity index (χ0v) is 21.4. The number of hydrogen-bond acceptors (Lipinski definition) is 5. The van der Waals surface area contributed by atoms with Crippen molar-refractivity contribution in [1.82, 2.24) is 19.7 Å². The number of nitrogens with zero attached hydrogens (tertiary/aromatic N) is 3. The molecule has 2 N–H and O–H groups in total. The van der Waals surface area contributed by atoms with Gasteiger partial charge in [-0.25, -0.2) is 4.79 Å². The number of thioether (sulfide) groups is 1. The second-order valence-corrected chi connectivity index (χ2v) is 11.4. The van der Waals surface area contributed by atoms with Gasteiger partial charge in [-0.05, 0) is 43.1 Å². The normalized spacial score (nSPS) is 24.9. The molecule has 0 aliphatic carbocycles. The van der Waals surface area contributed by atoms with Crippen LogP contribution in [-0.2, 0) is 4.79 Å². The van der Waals surface area contributed by atoms with Crippen molar-refractivity contribution in [2.45, 2.75) is 57.1 Å². The highest BCUT2D eigenvalue weighted by Crippen LogP contribution is 2.47. The van der Waals surface area contributed by atoms with E-state index in [1.807, 2.05) is 44.2 Å². The summed E-state index contributed by atoms with van der Waals surface area (Å²) in [6, 6.07) is 7.81. The van der Waals surface area contributed by atoms with Gasteiger partial charge in [0.15, 0.2) is 0 Å². The fourth-order valence-electron chi connectivity index (χ4n) is 4.86. The van der Waals surface area contributed by atoms with Gasteiger partial charge < -0.3 is 20.2 Å². The predicted molar refractivity (Wildman–Crippen MR) is 137 cm³/mol. The van der Waals surface area contributed by atoms with Gasteiger partial charge in [-0.2, -0.15) is 0 Å². The Morgan fingerprint density at radius 1 is 1.29 bits per heavy atom. The zero-order valence-electron chi connectivity index (χ0n) is 19.7. The number of carbonyl (C=O) groups excluding carboxylic acids is 2. The quantitative estimate of drug-likeness (QED) is 0.616. The molecule has 10 heteroatoms. The number of thiocarbonyl (C=S) groups is 1. The molecule has 0 spiro atoms. The van der Waals surface area contributed by atoms with E-state index in [1.54, 1.807) is 34.3 Å². The van der Waals surface area contributed by atoms with Crippen molar-refractivity contribution in [3.8, 4) is 0 Å². The Morgan fingerprint density at radius 3 is 2.71 bits per heavy atom. The van der Waals surface area contributed by atoms with E-state index in [1.165, 1.54) is 7.05 Å². The summed E-state index contributed by atoms with van der Waals surface area (Å²) in [5.41, 5.74) is 0.415. The molecule has 1 aromatic carbocycles. The number of amides is 2. The molecule has 0 saturated carbocycles. The van der Waals surface area contributed by atoms with E-state index >= 15 is 0 Å². The predicted octanol–water partition coefficient (Wildman–Crippen LogP) is 3.66. The minimum Gasteiger partial charge on any atom is -0.465 e. The van der Waals surface area contributed by atoms with E-state index in [0.29, 0.717) is 17.8 Å². The molecule has 2 saturated heterocycles. The van der Waals surface area contributed by atoms with Gasteiger partial charge in [0.2, 0.25) is 5.91 Å². The van der Waals surface area contributed by atoms with Crippen LogP contribution in [0.15, 0.2) is 36.5 Å². The lowest BCUT2D eigenvalue weighted by Crippen LogP contribution is -2.56. The van der Waals surface area contributed by atoms with E-state index in [-0.39, 0.29) is 17.2 Å². The third-order valence-corrected chi connectivity index (χ3v) is 8.66. The molecule has 1 aromatic heterocycles. The highest BCUT2D eigenvalue weighted by atomic mass is 32.2. The van der Waals surface area contributed by atoms with Crippen LogP contribution in [0.4, 0.5) is 4.79 Å². The van der Waals surface area contributed by atoms with Gasteiger partial charge in [-0.1, -0.05) is 44.3 Å². The van der Waals surface area contributed by atoms with Crippen molar-refractivity contribution in [2.75, 3.05) is 12.8 Å². The van der Waals surface area contributed by atoms with Crippen LogP contribution >= 0.6 is 24.0 Å². The number of aromatic nitrogens is 1. The standard InChI is InChI=1S/C24H30N4O4S2/c1-14(26(4)23(31)32)20(33)25-16-10-12-34-18-13-24(2,3)19(28(18)21(16)29)22(30)27-11-9-15-7-5-6-8-17(15)27/h5-9,11,14,16,18-19H,10,12-13H2,1-4H3,(H,25,33)(H,31,32)/t14-,16-,18-,19+/m0/s1. The number of para-hydroxylation sites is 1. The first-order valence-electron chi connectivity index (χ1n) is 11.3. The number of rotatable bonds is 4. The SMILES string of the molecule is C[C@@H](C(=S)N[C@H]1CCS[C@H]2CC(C)(C)[C@@H](C(=O)n3ccc4ccccc43)N2C1=O)N(C)C(=O)O. The first-order valence-corrected chi connectivity index (χ1v) is 12.8. The van der Waals surface area contributed by atoms with Crippen molar-refractivity contribution in [2.24, 2.45) is 5.41 Å². The van der Waals surface area contributed by atoms with E-state index in [9.17, 15) is 19.5 Å². The maximum Gasteiger partial charge on any atom is 0.407 e. The summed E-state index contributed by atoms with van der Waals surface area (Å²) < 4.78 is 1.66. The van der Waals surface area contributed by atoms with Gasteiger partial charge in [0.05, 0.1) is 21.9 Å². The molecule has 2 aliphatic rings. The molecule has 2 amide bonds. The van der Waals surface area contributed by atoms with Gasteiger partial charge in [0.1, 0.15) is 12.1 Å². The van der Waals surface area contributed by atoms with Crippen LogP contribution in [0.3, 0.4) is 0 Å². The second kappa shape index (κ2) is 9.22. The van der Waals surface area contributed by atoms with Crippen LogP contribution in [0.2, 0.25) is 0 Å². The Bertz CT molecular complexity index is 1150. The summed E-state index contributed by atoms with van der Waals surface area (Å²) in [7, 11) is 1.45. The number of benzene rings is 1. The molecule has 0 radical (unpaired) electrons. The van der Waals surface area contributed by atoms with Crippen LogP contribution < -0.4 is 5.32 Å². The van der Waals surface area contributed by atoms with Gasteiger partial charge in [-0.3, -0.25) is 14.2 Å². The molecule has 4 rings (SSSR count). The van der Waals surface area contributed by atoms with E-state index in [2.05, 4.69) is 5.32 Å². The second-order valence-electron chi connectivity index (χ2n) is 9.67. The highest BCUT2D eigenvalue weighted by molar-refractivity contribution is 7.99. The summed E-state index contributed by atoms with van der Waals surface area (Å²) in [4.78, 5) is 42.2. The van der Waals surface area contributed by atoms with Crippen LogP contribution in [-0.4, -0.2) is 78.7 Å². The Labute approximate surface area is 208 Å². The molecular weight excluding hydrogens is 472 g/mol. The minimum atomic E-state index is -1.09. The molecule has 34 heavy (non-hydrogen) atoms. The van der Waals surface area contributed by atoms with Crippen molar-refractivity contribution >= 4 is 57.8 Å². The molecule has 0 unspecified atom stereocenters. The minimum absolute atomic E-state index is 0.0993. The highest BCUT2D eigenvalue weighted by Gasteiger charge is 2.54. The van der Waals surface area contributed by atoms with Crippen LogP contribution in [0.25, 0.3) is 10.9 Å². The summed E-state index contributed by atoms with van der Waals surface area (Å²) >= 11 is 7.14. The van der Waals surface area contributed by atoms with Gasteiger partial charge in [0.25, 0.3) is 5.91 Å². The van der Waals surface area contributed by atoms with Gasteiger partial charge in [-0.15, -0.1) is 11.8 Å². The Kier molecular flexibility index (Phi) is 6.65. The Morgan fingerprint density at radius 2 is 2.00 bits per heavy atom. The fraction of sp³-hybridized carbons (Fsp3) is 0.500. The average molecular weight is 503 g/mol. The van der Waals surface area contributed by atoms with Crippen LogP contribution in [0.1, 0.15) is 38.4 Å². The largest absolute Gasteiger partial charge is 0.465 e. The Balaban J connectivity index is 1.63. The number of carboxylic acid groups (broad SMARTS) is 1. The molecule has 2 aliphatic heterocycles. The van der Waals surface area contributed by atoms with Crippen molar-refractivity contribution in [3.05, 3.63) is 36.5 Å². The number of hydrogen-bond donors (Lipinski definition) is 2. The van der Waals surface area contributed by atoms with Gasteiger partial charge >= 0.3 is 6.09 Å². The van der Waals surface area contributed by atoms with Crippen LogP contribution in [0, 0.1) is 5.41 Å². The maximum absolute atomic E-state index is 13.9. The summed E-state index contributed by atoms with van der Waals surface area (Å²) in [6.45, 7) is 5.77. The summed E-state index contributed by atoms with van der Waals surface area (Å²) in [5, 5.41) is 13.3. The molecule has 0 bridgehead atoms. The summed E-state index contributed by atoms with van der Waals surface area (Å²) in [6.07, 6.45) is 1.95. The molecule has 2 fully saturated rings. The zero-order chi connectivity index (χ0) is 24.8. The lowest BCUT2D eigenvalue weighted by molar-refractivity contribution is -0.134. The third-order valence-electron chi connectivity index (χ3n) is 6.95. The summed E-state index contributed by atoms with van der Waals surface area (Å²) in [5.74, 6) is 0.451. The molecular formula is C24H30N4O4S2. The number of carbonyl (C=O) groups is 3. The average Bonchev–Trinajstić information content (AvgIpc) is 3.30. The topological polar surface area (TPSA) is 94.9 Å². The fourth-order valence-corrected chi connectivity index (χ4v) is 6.74. The molecule has 8 nitrogen and oxygen atoms in total. The molecule has 182 valence electrons. The first-order chi connectivity index (χ1) is 16.0. The first kappa shape index (κ1) is 24.5. The lowest BCUT2D eigenvalue weighted by Gasteiger charge is -2.34. The molecule has 2 aromatic rings. The van der Waals surface area contributed by atoms with Crippen molar-refractivity contribution < 1.29 is 19.5 Å².